The molecule has 3 aliphatic rings. The van der Waals surface area contributed by atoms with Gasteiger partial charge in [0.1, 0.15) is 11.6 Å². The van der Waals surface area contributed by atoms with Gasteiger partial charge in [0.2, 0.25) is 17.7 Å². The summed E-state index contributed by atoms with van der Waals surface area (Å²) in [5, 5.41) is 16.3. The van der Waals surface area contributed by atoms with Crippen LogP contribution < -0.4 is 10.6 Å². The quantitative estimate of drug-likeness (QED) is 0.510. The predicted molar refractivity (Wildman–Crippen MR) is 140 cm³/mol. The molecule has 0 aliphatic carbocycles. The lowest BCUT2D eigenvalue weighted by Crippen LogP contribution is -2.56. The van der Waals surface area contributed by atoms with Crippen LogP contribution in [0.25, 0.3) is 0 Å². The summed E-state index contributed by atoms with van der Waals surface area (Å²) in [5.74, 6) is -2.70. The van der Waals surface area contributed by atoms with Crippen molar-refractivity contribution in [2.45, 2.75) is 63.3 Å². The van der Waals surface area contributed by atoms with Crippen molar-refractivity contribution in [2.75, 3.05) is 17.2 Å². The van der Waals surface area contributed by atoms with E-state index in [1.807, 2.05) is 38.1 Å². The first-order valence-corrected chi connectivity index (χ1v) is 13.1. The van der Waals surface area contributed by atoms with Crippen molar-refractivity contribution >= 4 is 40.7 Å². The van der Waals surface area contributed by atoms with E-state index >= 15 is 0 Å². The van der Waals surface area contributed by atoms with Gasteiger partial charge in [-0.1, -0.05) is 48.9 Å². The number of carbonyl (C=O) groups is 3. The van der Waals surface area contributed by atoms with E-state index in [1.54, 1.807) is 31.2 Å². The van der Waals surface area contributed by atoms with Crippen LogP contribution in [0, 0.1) is 18.8 Å². The topological polar surface area (TPSA) is 108 Å². The zero-order valence-electron chi connectivity index (χ0n) is 21.2. The average molecular weight is 526 g/mol. The number of halogens is 1. The lowest BCUT2D eigenvalue weighted by atomic mass is 9.65. The van der Waals surface area contributed by atoms with Crippen LogP contribution in [0.4, 0.5) is 11.4 Å². The molecule has 3 N–H and O–H groups in total. The highest BCUT2D eigenvalue weighted by Crippen LogP contribution is 2.64. The van der Waals surface area contributed by atoms with Gasteiger partial charge in [0.05, 0.1) is 40.8 Å². The standard InChI is InChI=1S/C28H32ClN3O5/c1-4-27-13-14-28(37-27)21(20(27)24(34)30-18-10-6-5-7-11-18)26(36)32(17(3)15-33)23(28)25(35)31-22-16(2)9-8-12-19(22)29/h5-12,17,20-21,23,33H,4,13-15H2,1-3H3,(H,30,34)(H,31,35)/t17-,20+,21+,23?,27-,28?/m1/s1. The molecule has 0 radical (unpaired) electrons. The number of nitrogens with one attached hydrogen (secondary N) is 2. The van der Waals surface area contributed by atoms with Gasteiger partial charge in [-0.3, -0.25) is 14.4 Å². The molecule has 2 unspecified atom stereocenters. The smallest absolute Gasteiger partial charge is 0.250 e. The summed E-state index contributed by atoms with van der Waals surface area (Å²) >= 11 is 6.39. The molecule has 9 heteroatoms. The number of amides is 3. The molecule has 3 aliphatic heterocycles. The molecule has 3 saturated heterocycles. The van der Waals surface area contributed by atoms with Gasteiger partial charge in [0.25, 0.3) is 0 Å². The minimum atomic E-state index is -1.19. The zero-order valence-corrected chi connectivity index (χ0v) is 21.9. The number of fused-ring (bicyclic) bond motifs is 1. The van der Waals surface area contributed by atoms with E-state index in [1.165, 1.54) is 4.90 Å². The number of nitrogens with zero attached hydrogens (tertiary/aromatic N) is 1. The summed E-state index contributed by atoms with van der Waals surface area (Å²) in [6, 6.07) is 12.7. The summed E-state index contributed by atoms with van der Waals surface area (Å²) in [4.78, 5) is 43.1. The Bertz CT molecular complexity index is 1220. The summed E-state index contributed by atoms with van der Waals surface area (Å²) in [6.07, 6.45) is 1.54. The van der Waals surface area contributed by atoms with E-state index in [0.29, 0.717) is 35.7 Å². The van der Waals surface area contributed by atoms with Gasteiger partial charge in [-0.15, -0.1) is 0 Å². The molecule has 0 aromatic heterocycles. The highest BCUT2D eigenvalue weighted by atomic mass is 35.5. The maximum absolute atomic E-state index is 14.0. The maximum atomic E-state index is 14.0. The number of carbonyl (C=O) groups excluding carboxylic acids is 3. The Morgan fingerprint density at radius 2 is 1.86 bits per heavy atom. The number of para-hydroxylation sites is 2. The second-order valence-corrected chi connectivity index (χ2v) is 10.8. The lowest BCUT2D eigenvalue weighted by Gasteiger charge is -2.36. The highest BCUT2D eigenvalue weighted by Gasteiger charge is 2.79. The largest absolute Gasteiger partial charge is 0.394 e. The third-order valence-corrected chi connectivity index (χ3v) is 8.72. The number of benzene rings is 2. The molecule has 196 valence electrons. The Hall–Kier alpha value is -2.94. The number of aryl methyl sites for hydroxylation is 1. The molecule has 3 amide bonds. The van der Waals surface area contributed by atoms with Crippen LogP contribution >= 0.6 is 11.6 Å². The summed E-state index contributed by atoms with van der Waals surface area (Å²) < 4.78 is 6.72. The number of anilines is 2. The lowest BCUT2D eigenvalue weighted by molar-refractivity contribution is -0.147. The first-order chi connectivity index (χ1) is 17.7. The molecule has 5 rings (SSSR count). The van der Waals surface area contributed by atoms with Crippen molar-refractivity contribution in [3.63, 3.8) is 0 Å². The number of hydrogen-bond donors (Lipinski definition) is 3. The molecule has 0 saturated carbocycles. The fourth-order valence-electron chi connectivity index (χ4n) is 6.64. The summed E-state index contributed by atoms with van der Waals surface area (Å²) in [5.41, 5.74) is -0.164. The number of rotatable bonds is 7. The van der Waals surface area contributed by atoms with Crippen molar-refractivity contribution < 1.29 is 24.2 Å². The third kappa shape index (κ3) is 3.85. The van der Waals surface area contributed by atoms with Crippen LogP contribution in [0.2, 0.25) is 5.02 Å². The second kappa shape index (κ2) is 9.42. The zero-order chi connectivity index (χ0) is 26.5. The fraction of sp³-hybridized carbons (Fsp3) is 0.464. The van der Waals surface area contributed by atoms with Crippen molar-refractivity contribution in [1.29, 1.82) is 0 Å². The monoisotopic (exact) mass is 525 g/mol. The van der Waals surface area contributed by atoms with E-state index in [9.17, 15) is 19.5 Å². The van der Waals surface area contributed by atoms with Crippen molar-refractivity contribution in [3.8, 4) is 0 Å². The maximum Gasteiger partial charge on any atom is 0.250 e. The van der Waals surface area contributed by atoms with Crippen LogP contribution in [0.5, 0.6) is 0 Å². The van der Waals surface area contributed by atoms with Crippen LogP contribution in [-0.4, -0.2) is 57.6 Å². The minimum Gasteiger partial charge on any atom is -0.394 e. The van der Waals surface area contributed by atoms with Gasteiger partial charge in [0.15, 0.2) is 0 Å². The number of aliphatic hydroxyl groups excluding tert-OH is 1. The number of likely N-dealkylation sites (tertiary alicyclic amines) is 1. The first kappa shape index (κ1) is 25.7. The summed E-state index contributed by atoms with van der Waals surface area (Å²) in [7, 11) is 0. The molecule has 2 aromatic rings. The summed E-state index contributed by atoms with van der Waals surface area (Å²) in [6.45, 7) is 5.15. The molecule has 8 nitrogen and oxygen atoms in total. The molecule has 37 heavy (non-hydrogen) atoms. The number of hydrogen-bond acceptors (Lipinski definition) is 5. The van der Waals surface area contributed by atoms with Crippen LogP contribution in [-0.2, 0) is 19.1 Å². The Morgan fingerprint density at radius 3 is 2.51 bits per heavy atom. The molecule has 1 spiro atoms. The van der Waals surface area contributed by atoms with Crippen LogP contribution in [0.3, 0.4) is 0 Å². The molecule has 3 fully saturated rings. The molecular formula is C28H32ClN3O5. The predicted octanol–water partition coefficient (Wildman–Crippen LogP) is 3.76. The molecule has 2 aromatic carbocycles. The van der Waals surface area contributed by atoms with Gasteiger partial charge in [-0.05, 0) is 56.9 Å². The van der Waals surface area contributed by atoms with E-state index in [4.69, 9.17) is 16.3 Å². The van der Waals surface area contributed by atoms with E-state index in [-0.39, 0.29) is 18.4 Å². The van der Waals surface area contributed by atoms with Gasteiger partial charge < -0.3 is 25.4 Å². The van der Waals surface area contributed by atoms with Gasteiger partial charge >= 0.3 is 0 Å². The Balaban J connectivity index is 1.56. The normalized spacial score (nSPS) is 30.8. The Morgan fingerprint density at radius 1 is 1.14 bits per heavy atom. The third-order valence-electron chi connectivity index (χ3n) is 8.40. The SMILES string of the molecule is CC[C@]12CCC3(O1)C(C(=O)Nc1c(C)cccc1Cl)N([C@H](C)CO)C(=O)[C@@H]3[C@H]2C(=O)Nc1ccccc1. The number of aliphatic hydroxyl groups is 1. The Labute approximate surface area is 221 Å². The van der Waals surface area contributed by atoms with E-state index < -0.39 is 41.0 Å². The molecule has 2 bridgehead atoms. The van der Waals surface area contributed by atoms with Crippen LogP contribution in [0.15, 0.2) is 48.5 Å². The second-order valence-electron chi connectivity index (χ2n) is 10.4. The molecular weight excluding hydrogens is 494 g/mol. The minimum absolute atomic E-state index is 0.299. The van der Waals surface area contributed by atoms with E-state index in [2.05, 4.69) is 10.6 Å². The Kier molecular flexibility index (Phi) is 6.54. The molecule has 3 heterocycles. The molecule has 6 atom stereocenters. The number of ether oxygens (including phenoxy) is 1. The van der Waals surface area contributed by atoms with Crippen molar-refractivity contribution in [2.24, 2.45) is 11.8 Å². The van der Waals surface area contributed by atoms with Crippen molar-refractivity contribution in [3.05, 3.63) is 59.1 Å². The highest BCUT2D eigenvalue weighted by molar-refractivity contribution is 6.34. The fourth-order valence-corrected chi connectivity index (χ4v) is 6.91. The van der Waals surface area contributed by atoms with Gasteiger partial charge in [-0.2, -0.15) is 0 Å². The first-order valence-electron chi connectivity index (χ1n) is 12.7. The average Bonchev–Trinajstić information content (AvgIpc) is 3.50. The van der Waals surface area contributed by atoms with Crippen LogP contribution in [0.1, 0.15) is 38.7 Å². The van der Waals surface area contributed by atoms with Crippen molar-refractivity contribution in [1.82, 2.24) is 4.90 Å². The van der Waals surface area contributed by atoms with Gasteiger partial charge in [-0.25, -0.2) is 0 Å². The van der Waals surface area contributed by atoms with Gasteiger partial charge in [0, 0.05) is 5.69 Å². The van der Waals surface area contributed by atoms with E-state index in [0.717, 1.165) is 5.56 Å².